The Labute approximate surface area is 110 Å². The standard InChI is InChI=1S/C13H18O6/c1-18-9-4-2-8(3-5-9)13(17)11(15)7-19-10(6-14)12(13)16/h2-5,10-12,14-17H,6-7H2,1H3/t10-,11+,12+,13+/m1/s1. The first-order valence-electron chi connectivity index (χ1n) is 5.99. The Hall–Kier alpha value is -1.18. The third-order valence-electron chi connectivity index (χ3n) is 3.51. The van der Waals surface area contributed by atoms with E-state index in [4.69, 9.17) is 14.6 Å². The third-order valence-corrected chi connectivity index (χ3v) is 3.51. The van der Waals surface area contributed by atoms with Gasteiger partial charge in [-0.25, -0.2) is 0 Å². The fourth-order valence-corrected chi connectivity index (χ4v) is 2.29. The Kier molecular flexibility index (Phi) is 4.07. The number of ether oxygens (including phenoxy) is 2. The van der Waals surface area contributed by atoms with Crippen molar-refractivity contribution >= 4 is 0 Å². The first-order valence-corrected chi connectivity index (χ1v) is 5.99. The molecular weight excluding hydrogens is 252 g/mol. The number of aliphatic hydroxyl groups excluding tert-OH is 3. The molecule has 106 valence electrons. The van der Waals surface area contributed by atoms with Gasteiger partial charge in [0.2, 0.25) is 0 Å². The van der Waals surface area contributed by atoms with Crippen LogP contribution in [0.5, 0.6) is 5.75 Å². The first-order chi connectivity index (χ1) is 9.03. The van der Waals surface area contributed by atoms with Crippen LogP contribution < -0.4 is 4.74 Å². The van der Waals surface area contributed by atoms with E-state index in [1.54, 1.807) is 24.3 Å². The molecule has 0 radical (unpaired) electrons. The van der Waals surface area contributed by atoms with Crippen molar-refractivity contribution in [1.82, 2.24) is 0 Å². The second-order valence-electron chi connectivity index (χ2n) is 4.57. The summed E-state index contributed by atoms with van der Waals surface area (Å²) in [5, 5.41) is 39.8. The van der Waals surface area contributed by atoms with Crippen molar-refractivity contribution in [3.05, 3.63) is 29.8 Å². The van der Waals surface area contributed by atoms with Crippen LogP contribution in [-0.2, 0) is 10.3 Å². The monoisotopic (exact) mass is 270 g/mol. The Bertz CT molecular complexity index is 420. The van der Waals surface area contributed by atoms with Crippen molar-refractivity contribution in [2.24, 2.45) is 0 Å². The van der Waals surface area contributed by atoms with Gasteiger partial charge in [0.15, 0.2) is 0 Å². The van der Waals surface area contributed by atoms with Crippen LogP contribution in [0.3, 0.4) is 0 Å². The minimum absolute atomic E-state index is 0.162. The molecule has 6 nitrogen and oxygen atoms in total. The quantitative estimate of drug-likeness (QED) is 0.562. The van der Waals surface area contributed by atoms with Crippen LogP contribution in [0.15, 0.2) is 24.3 Å². The van der Waals surface area contributed by atoms with Gasteiger partial charge in [-0.05, 0) is 17.7 Å². The van der Waals surface area contributed by atoms with E-state index in [2.05, 4.69) is 0 Å². The smallest absolute Gasteiger partial charge is 0.146 e. The van der Waals surface area contributed by atoms with E-state index < -0.39 is 30.5 Å². The van der Waals surface area contributed by atoms with Gasteiger partial charge in [-0.1, -0.05) is 12.1 Å². The van der Waals surface area contributed by atoms with Crippen LogP contribution in [0.1, 0.15) is 5.56 Å². The fourth-order valence-electron chi connectivity index (χ4n) is 2.29. The van der Waals surface area contributed by atoms with Crippen molar-refractivity contribution in [3.63, 3.8) is 0 Å². The van der Waals surface area contributed by atoms with Gasteiger partial charge in [-0.2, -0.15) is 0 Å². The molecule has 1 fully saturated rings. The van der Waals surface area contributed by atoms with Crippen molar-refractivity contribution in [1.29, 1.82) is 0 Å². The minimum Gasteiger partial charge on any atom is -0.497 e. The number of methoxy groups -OCH3 is 1. The molecule has 0 spiro atoms. The lowest BCUT2D eigenvalue weighted by Gasteiger charge is -2.44. The van der Waals surface area contributed by atoms with Crippen LogP contribution in [0, 0.1) is 0 Å². The second kappa shape index (κ2) is 5.44. The summed E-state index contributed by atoms with van der Waals surface area (Å²) in [7, 11) is 1.52. The van der Waals surface area contributed by atoms with Crippen molar-refractivity contribution in [2.45, 2.75) is 23.9 Å². The van der Waals surface area contributed by atoms with Crippen LogP contribution in [0.4, 0.5) is 0 Å². The van der Waals surface area contributed by atoms with Gasteiger partial charge in [0.1, 0.15) is 29.7 Å². The maximum absolute atomic E-state index is 10.6. The predicted octanol–water partition coefficient (Wildman–Crippen LogP) is -1.00. The maximum Gasteiger partial charge on any atom is 0.146 e. The van der Waals surface area contributed by atoms with E-state index in [1.165, 1.54) is 7.11 Å². The molecule has 0 amide bonds. The summed E-state index contributed by atoms with van der Waals surface area (Å²) in [5.41, 5.74) is -1.53. The number of rotatable bonds is 3. The van der Waals surface area contributed by atoms with Gasteiger partial charge in [0, 0.05) is 0 Å². The van der Waals surface area contributed by atoms with Crippen LogP contribution >= 0.6 is 0 Å². The lowest BCUT2D eigenvalue weighted by molar-refractivity contribution is -0.253. The first kappa shape index (κ1) is 14.2. The summed E-state index contributed by atoms with van der Waals surface area (Å²) in [6.07, 6.45) is -3.64. The van der Waals surface area contributed by atoms with Gasteiger partial charge >= 0.3 is 0 Å². The number of benzene rings is 1. The number of hydrogen-bond acceptors (Lipinski definition) is 6. The van der Waals surface area contributed by atoms with E-state index in [-0.39, 0.29) is 6.61 Å². The topological polar surface area (TPSA) is 99.4 Å². The zero-order chi connectivity index (χ0) is 14.0. The molecule has 1 aliphatic rings. The predicted molar refractivity (Wildman–Crippen MR) is 65.7 cm³/mol. The molecular formula is C13H18O6. The molecule has 2 rings (SSSR count). The summed E-state index contributed by atoms with van der Waals surface area (Å²) in [5.74, 6) is 0.599. The zero-order valence-electron chi connectivity index (χ0n) is 10.6. The van der Waals surface area contributed by atoms with Gasteiger partial charge < -0.3 is 29.9 Å². The number of hydrogen-bond donors (Lipinski definition) is 4. The Morgan fingerprint density at radius 3 is 2.47 bits per heavy atom. The molecule has 0 aliphatic carbocycles. The van der Waals surface area contributed by atoms with Gasteiger partial charge in [-0.15, -0.1) is 0 Å². The normalized spacial score (nSPS) is 35.1. The minimum atomic E-state index is -1.88. The molecule has 1 saturated heterocycles. The molecule has 1 heterocycles. The van der Waals surface area contributed by atoms with Crippen molar-refractivity contribution in [2.75, 3.05) is 20.3 Å². The second-order valence-corrected chi connectivity index (χ2v) is 4.57. The van der Waals surface area contributed by atoms with Gasteiger partial charge in [0.25, 0.3) is 0 Å². The molecule has 0 aromatic heterocycles. The molecule has 4 atom stereocenters. The van der Waals surface area contributed by atoms with E-state index in [0.717, 1.165) is 0 Å². The highest BCUT2D eigenvalue weighted by Gasteiger charge is 2.51. The highest BCUT2D eigenvalue weighted by molar-refractivity contribution is 5.33. The van der Waals surface area contributed by atoms with E-state index >= 15 is 0 Å². The third kappa shape index (κ3) is 2.33. The van der Waals surface area contributed by atoms with Crippen LogP contribution in [0.25, 0.3) is 0 Å². The molecule has 1 aromatic rings. The average Bonchev–Trinajstić information content (AvgIpc) is 2.45. The summed E-state index contributed by atoms with van der Waals surface area (Å²) >= 11 is 0. The summed E-state index contributed by atoms with van der Waals surface area (Å²) in [6, 6.07) is 6.36. The highest BCUT2D eigenvalue weighted by Crippen LogP contribution is 2.36. The SMILES string of the molecule is COc1ccc([C@]2(O)[C@@H](O)CO[C@H](CO)[C@@H]2O)cc1. The maximum atomic E-state index is 10.6. The van der Waals surface area contributed by atoms with Crippen molar-refractivity contribution in [3.8, 4) is 5.75 Å². The molecule has 6 heteroatoms. The Morgan fingerprint density at radius 1 is 1.32 bits per heavy atom. The van der Waals surface area contributed by atoms with Gasteiger partial charge in [-0.3, -0.25) is 0 Å². The summed E-state index contributed by atoms with van der Waals surface area (Å²) in [6.45, 7) is -0.600. The molecule has 19 heavy (non-hydrogen) atoms. The van der Waals surface area contributed by atoms with E-state index in [0.29, 0.717) is 11.3 Å². The molecule has 4 N–H and O–H groups in total. The summed E-state index contributed by atoms with van der Waals surface area (Å²) < 4.78 is 10.1. The molecule has 1 aromatic carbocycles. The molecule has 0 saturated carbocycles. The fraction of sp³-hybridized carbons (Fsp3) is 0.538. The van der Waals surface area contributed by atoms with Crippen LogP contribution in [-0.4, -0.2) is 59.1 Å². The van der Waals surface area contributed by atoms with E-state index in [9.17, 15) is 15.3 Å². The number of aliphatic hydroxyl groups is 4. The van der Waals surface area contributed by atoms with Crippen molar-refractivity contribution < 1.29 is 29.9 Å². The Morgan fingerprint density at radius 2 is 1.95 bits per heavy atom. The van der Waals surface area contributed by atoms with Crippen LogP contribution in [0.2, 0.25) is 0 Å². The molecule has 0 unspecified atom stereocenters. The van der Waals surface area contributed by atoms with E-state index in [1.807, 2.05) is 0 Å². The average molecular weight is 270 g/mol. The lowest BCUT2D eigenvalue weighted by Crippen LogP contribution is -2.61. The summed E-state index contributed by atoms with van der Waals surface area (Å²) in [4.78, 5) is 0. The Balaban J connectivity index is 2.36. The largest absolute Gasteiger partial charge is 0.497 e. The molecule has 0 bridgehead atoms. The molecule has 1 aliphatic heterocycles. The lowest BCUT2D eigenvalue weighted by atomic mass is 9.79. The zero-order valence-corrected chi connectivity index (χ0v) is 10.6. The highest BCUT2D eigenvalue weighted by atomic mass is 16.5. The van der Waals surface area contributed by atoms with Gasteiger partial charge in [0.05, 0.1) is 20.3 Å².